The summed E-state index contributed by atoms with van der Waals surface area (Å²) in [7, 11) is 0. The molecule has 7 heavy (non-hydrogen) atoms. The van der Waals surface area contributed by atoms with Gasteiger partial charge in [0.15, 0.2) is 0 Å². The van der Waals surface area contributed by atoms with Gasteiger partial charge < -0.3 is 4.74 Å². The van der Waals surface area contributed by atoms with Gasteiger partial charge >= 0.3 is 0 Å². The molecule has 0 aromatic carbocycles. The first-order valence-electron chi connectivity index (χ1n) is 1.08. The van der Waals surface area contributed by atoms with Gasteiger partial charge in [0.2, 0.25) is 0 Å². The zero-order valence-electron chi connectivity index (χ0n) is 3.46. The third kappa shape index (κ3) is 166. The maximum absolute atomic E-state index is 4.50. The highest BCUT2D eigenvalue weighted by Gasteiger charge is 1.94. The van der Waals surface area contributed by atoms with Crippen molar-refractivity contribution in [1.82, 2.24) is 0 Å². The van der Waals surface area contributed by atoms with Crippen LogP contribution >= 0.6 is 0 Å². The first-order valence-corrected chi connectivity index (χ1v) is 1.08. The molecule has 0 amide bonds. The molecule has 0 bridgehead atoms. The zero-order valence-corrected chi connectivity index (χ0v) is 3.46. The molecule has 0 saturated carbocycles. The van der Waals surface area contributed by atoms with Gasteiger partial charge in [-0.05, 0) is 0 Å². The first kappa shape index (κ1) is 30.0. The topological polar surface area (TPSA) is 12.5 Å². The lowest BCUT2D eigenvalue weighted by atomic mass is 11.0. The van der Waals surface area contributed by atoms with Crippen molar-refractivity contribution in [3.63, 3.8) is 0 Å². The number of hydrogen-bond acceptors (Lipinski definition) is 1. The maximum Gasteiger partial charge on any atom is 0.0701 e. The molecule has 5 heteroatoms. The Morgan fingerprint density at radius 3 is 0.857 bits per heavy atom. The van der Waals surface area contributed by atoms with E-state index in [2.05, 4.69) is 4.74 Å². The molecule has 1 aliphatic heterocycles. The van der Waals surface area contributed by atoms with Gasteiger partial charge in [-0.25, -0.2) is 0 Å². The summed E-state index contributed by atoms with van der Waals surface area (Å²) in [4.78, 5) is 0. The fourth-order valence-corrected chi connectivity index (χ4v) is 0. The van der Waals surface area contributed by atoms with Gasteiger partial charge in [0, 0.05) is 0 Å². The largest absolute Gasteiger partial charge is 0.377 e. The van der Waals surface area contributed by atoms with Gasteiger partial charge in [-0.2, -0.15) is 0 Å². The van der Waals surface area contributed by atoms with Gasteiger partial charge in [0.1, 0.15) is 0 Å². The van der Waals surface area contributed by atoms with E-state index in [9.17, 15) is 0 Å². The number of ether oxygens (including phenoxy) is 1. The van der Waals surface area contributed by atoms with Crippen molar-refractivity contribution in [2.24, 2.45) is 0 Å². The number of rotatable bonds is 0. The highest BCUT2D eigenvalue weighted by atomic mass is 19.0. The molecule has 1 nitrogen and oxygen atoms in total. The van der Waals surface area contributed by atoms with Gasteiger partial charge in [-0.15, -0.1) is 0 Å². The monoisotopic (exact) mass is 124 g/mol. The minimum Gasteiger partial charge on any atom is -0.377 e. The summed E-state index contributed by atoms with van der Waals surface area (Å²) < 4.78 is 4.50. The van der Waals surface area contributed by atoms with Crippen molar-refractivity contribution in [2.45, 2.75) is 0 Å². The molecule has 1 fully saturated rings. The summed E-state index contributed by atoms with van der Waals surface area (Å²) in [6.07, 6.45) is 0. The molecular weight excluding hydrogens is 116 g/mol. The SMILES string of the molecule is C1CO1.F.F.F.F. The van der Waals surface area contributed by atoms with Crippen molar-refractivity contribution in [3.05, 3.63) is 0 Å². The molecule has 0 aromatic heterocycles. The van der Waals surface area contributed by atoms with E-state index in [0.717, 1.165) is 13.2 Å². The van der Waals surface area contributed by atoms with E-state index < -0.39 is 0 Å². The quantitative estimate of drug-likeness (QED) is 0.341. The smallest absolute Gasteiger partial charge is 0.0701 e. The normalized spacial score (nSPS) is 10.3. The first-order chi connectivity index (χ1) is 1.50. The minimum atomic E-state index is 0. The third-order valence-corrected chi connectivity index (χ3v) is 0.204. The summed E-state index contributed by atoms with van der Waals surface area (Å²) in [5.74, 6) is 0. The van der Waals surface area contributed by atoms with Crippen molar-refractivity contribution < 1.29 is 23.6 Å². The molecule has 1 heterocycles. The van der Waals surface area contributed by atoms with Crippen LogP contribution in [0.15, 0.2) is 0 Å². The Kier molecular flexibility index (Phi) is 74.2. The Morgan fingerprint density at radius 1 is 0.714 bits per heavy atom. The predicted molar refractivity (Wildman–Crippen MR) is 20.8 cm³/mol. The van der Waals surface area contributed by atoms with Crippen LogP contribution in [0.2, 0.25) is 0 Å². The lowest BCUT2D eigenvalue weighted by Crippen LogP contribution is -1.20. The van der Waals surface area contributed by atoms with E-state index in [1.165, 1.54) is 0 Å². The Bertz CT molecular complexity index is 14.4. The molecule has 1 rings (SSSR count). The minimum absolute atomic E-state index is 0. The maximum atomic E-state index is 4.50. The summed E-state index contributed by atoms with van der Waals surface area (Å²) >= 11 is 0. The summed E-state index contributed by atoms with van der Waals surface area (Å²) in [5, 5.41) is 0. The van der Waals surface area contributed by atoms with E-state index >= 15 is 0 Å². The van der Waals surface area contributed by atoms with E-state index in [1.54, 1.807) is 0 Å². The van der Waals surface area contributed by atoms with Crippen LogP contribution in [0.5, 0.6) is 0 Å². The molecule has 0 aromatic rings. The molecule has 1 saturated heterocycles. The van der Waals surface area contributed by atoms with Crippen LogP contribution in [0.1, 0.15) is 0 Å². The molecule has 50 valence electrons. The van der Waals surface area contributed by atoms with Crippen LogP contribution in [-0.2, 0) is 4.74 Å². The van der Waals surface area contributed by atoms with Crippen LogP contribution in [0, 0.1) is 0 Å². The van der Waals surface area contributed by atoms with Gasteiger partial charge in [0.05, 0.1) is 13.2 Å². The average molecular weight is 124 g/mol. The van der Waals surface area contributed by atoms with Crippen molar-refractivity contribution in [1.29, 1.82) is 0 Å². The van der Waals surface area contributed by atoms with Crippen molar-refractivity contribution >= 4 is 0 Å². The number of epoxide rings is 1. The zero-order chi connectivity index (χ0) is 2.12. The Labute approximate surface area is 38.1 Å². The highest BCUT2D eigenvalue weighted by Crippen LogP contribution is 1.84. The molecule has 0 spiro atoms. The second-order valence-electron chi connectivity index (χ2n) is 0.612. The van der Waals surface area contributed by atoms with Crippen LogP contribution in [0.4, 0.5) is 18.8 Å². The van der Waals surface area contributed by atoms with E-state index in [4.69, 9.17) is 0 Å². The van der Waals surface area contributed by atoms with E-state index in [1.807, 2.05) is 0 Å². The standard InChI is InChI=1S/C2H4O.4FH/c1-2-3-1;;;;/h1-2H2;4*1H. The van der Waals surface area contributed by atoms with Crippen LogP contribution < -0.4 is 0 Å². The second kappa shape index (κ2) is 17.3. The Morgan fingerprint density at radius 2 is 0.857 bits per heavy atom. The average Bonchev–Trinajstić information content (AvgIpc) is 1.46. The van der Waals surface area contributed by atoms with Crippen LogP contribution in [0.25, 0.3) is 0 Å². The molecular formula is C2H8F4O. The molecule has 1 aliphatic rings. The molecule has 0 N–H and O–H groups in total. The lowest BCUT2D eigenvalue weighted by Gasteiger charge is -1.24. The molecule has 0 unspecified atom stereocenters. The van der Waals surface area contributed by atoms with Crippen LogP contribution in [0.3, 0.4) is 0 Å². The summed E-state index contributed by atoms with van der Waals surface area (Å²) in [6, 6.07) is 0. The second-order valence-corrected chi connectivity index (χ2v) is 0.612. The summed E-state index contributed by atoms with van der Waals surface area (Å²) in [5.41, 5.74) is 0. The van der Waals surface area contributed by atoms with Gasteiger partial charge in [0.25, 0.3) is 0 Å². The van der Waals surface area contributed by atoms with Gasteiger partial charge in [-0.1, -0.05) is 0 Å². The van der Waals surface area contributed by atoms with Crippen molar-refractivity contribution in [3.8, 4) is 0 Å². The van der Waals surface area contributed by atoms with Crippen LogP contribution in [-0.4, -0.2) is 13.2 Å². The van der Waals surface area contributed by atoms with Gasteiger partial charge in [-0.3, -0.25) is 18.8 Å². The van der Waals surface area contributed by atoms with Crippen molar-refractivity contribution in [2.75, 3.05) is 13.2 Å². The highest BCUT2D eigenvalue weighted by molar-refractivity contribution is 4.36. The predicted octanol–water partition coefficient (Wildman–Crippen LogP) is 0.627. The fourth-order valence-electron chi connectivity index (χ4n) is 0. The Hall–Kier alpha value is -0.320. The molecule has 0 radical (unpaired) electrons. The van der Waals surface area contributed by atoms with E-state index in [-0.39, 0.29) is 18.8 Å². The lowest BCUT2D eigenvalue weighted by molar-refractivity contribution is 0.475. The summed E-state index contributed by atoms with van der Waals surface area (Å²) in [6.45, 7) is 2.00. The third-order valence-electron chi connectivity index (χ3n) is 0.204. The Balaban J connectivity index is -0.0000000112. The fraction of sp³-hybridized carbons (Fsp3) is 1.00. The molecule has 0 aliphatic carbocycles. The number of hydrogen-bond donors (Lipinski definition) is 0. The molecule has 0 atom stereocenters. The van der Waals surface area contributed by atoms with E-state index in [0.29, 0.717) is 0 Å². The number of halogens is 4.